The minimum atomic E-state index is 0.819. The Bertz CT molecular complexity index is 136. The Balaban J connectivity index is 2.34. The molecule has 0 amide bonds. The van der Waals surface area contributed by atoms with Crippen LogP contribution in [-0.2, 0) is 0 Å². The zero-order valence-corrected chi connectivity index (χ0v) is 7.69. The van der Waals surface area contributed by atoms with Crippen LogP contribution in [0.1, 0.15) is 33.1 Å². The number of rotatable bonds is 2. The van der Waals surface area contributed by atoms with Gasteiger partial charge in [0.25, 0.3) is 0 Å². The van der Waals surface area contributed by atoms with Gasteiger partial charge in [-0.1, -0.05) is 25.5 Å². The smallest absolute Gasteiger partial charge is 0.0137 e. The van der Waals surface area contributed by atoms with E-state index in [4.69, 9.17) is 0 Å². The maximum Gasteiger partial charge on any atom is 0.0137 e. The highest BCUT2D eigenvalue weighted by Crippen LogP contribution is 2.16. The summed E-state index contributed by atoms with van der Waals surface area (Å²) >= 11 is 0. The van der Waals surface area contributed by atoms with Crippen LogP contribution in [0.3, 0.4) is 0 Å². The second kappa shape index (κ2) is 4.55. The molecule has 0 unspecified atom stereocenters. The highest BCUT2D eigenvalue weighted by Gasteiger charge is 2.03. The number of allylic oxidation sites excluding steroid dienone is 1. The lowest BCUT2D eigenvalue weighted by Gasteiger charge is -2.07. The summed E-state index contributed by atoms with van der Waals surface area (Å²) < 4.78 is 0. The van der Waals surface area contributed by atoms with E-state index < -0.39 is 0 Å². The van der Waals surface area contributed by atoms with Gasteiger partial charge in [0.05, 0.1) is 0 Å². The van der Waals surface area contributed by atoms with E-state index in [1.54, 1.807) is 5.57 Å². The van der Waals surface area contributed by atoms with Gasteiger partial charge in [-0.3, -0.25) is 0 Å². The van der Waals surface area contributed by atoms with Crippen LogP contribution in [0.5, 0.6) is 0 Å². The van der Waals surface area contributed by atoms with Gasteiger partial charge in [0.1, 0.15) is 0 Å². The Morgan fingerprint density at radius 1 is 1.55 bits per heavy atom. The molecule has 0 fully saturated rings. The SMILES string of the molecule is CC(C)CC1=CCNCCC1. The summed E-state index contributed by atoms with van der Waals surface area (Å²) in [5.74, 6) is 0.819. The van der Waals surface area contributed by atoms with Gasteiger partial charge in [-0.2, -0.15) is 0 Å². The van der Waals surface area contributed by atoms with Crippen molar-refractivity contribution in [1.29, 1.82) is 0 Å². The van der Waals surface area contributed by atoms with E-state index in [1.165, 1.54) is 25.8 Å². The highest BCUT2D eigenvalue weighted by atomic mass is 14.8. The summed E-state index contributed by atoms with van der Waals surface area (Å²) in [5.41, 5.74) is 1.66. The first-order valence-electron chi connectivity index (χ1n) is 4.67. The molecule has 0 aliphatic carbocycles. The van der Waals surface area contributed by atoms with Crippen LogP contribution in [0.4, 0.5) is 0 Å². The van der Waals surface area contributed by atoms with Gasteiger partial charge in [-0.25, -0.2) is 0 Å². The summed E-state index contributed by atoms with van der Waals surface area (Å²) in [6.07, 6.45) is 6.29. The van der Waals surface area contributed by atoms with Crippen molar-refractivity contribution in [2.75, 3.05) is 13.1 Å². The zero-order valence-electron chi connectivity index (χ0n) is 7.69. The normalized spacial score (nSPS) is 19.7. The van der Waals surface area contributed by atoms with E-state index in [1.807, 2.05) is 0 Å². The minimum absolute atomic E-state index is 0.819. The molecule has 1 aliphatic heterocycles. The molecule has 0 aromatic heterocycles. The second-order valence-electron chi connectivity index (χ2n) is 3.77. The van der Waals surface area contributed by atoms with Crippen LogP contribution in [0.2, 0.25) is 0 Å². The summed E-state index contributed by atoms with van der Waals surface area (Å²) in [5, 5.41) is 3.37. The topological polar surface area (TPSA) is 12.0 Å². The molecule has 1 rings (SSSR count). The quantitative estimate of drug-likeness (QED) is 0.600. The number of nitrogens with one attached hydrogen (secondary N) is 1. The van der Waals surface area contributed by atoms with Gasteiger partial charge in [0.2, 0.25) is 0 Å². The predicted molar refractivity (Wildman–Crippen MR) is 49.6 cm³/mol. The first-order chi connectivity index (χ1) is 5.29. The molecule has 1 aliphatic rings. The van der Waals surface area contributed by atoms with E-state index in [9.17, 15) is 0 Å². The van der Waals surface area contributed by atoms with Gasteiger partial charge < -0.3 is 5.32 Å². The third-order valence-corrected chi connectivity index (χ3v) is 2.06. The van der Waals surface area contributed by atoms with Crippen molar-refractivity contribution >= 4 is 0 Å². The first kappa shape index (κ1) is 8.79. The molecule has 11 heavy (non-hydrogen) atoms. The molecule has 0 aromatic carbocycles. The molecule has 1 heterocycles. The molecule has 1 heteroatoms. The highest BCUT2D eigenvalue weighted by molar-refractivity contribution is 5.05. The molecular formula is C10H19N. The Hall–Kier alpha value is -0.300. The Labute approximate surface area is 69.9 Å². The van der Waals surface area contributed by atoms with Crippen LogP contribution < -0.4 is 5.32 Å². The lowest BCUT2D eigenvalue weighted by molar-refractivity contribution is 0.618. The van der Waals surface area contributed by atoms with Crippen molar-refractivity contribution < 1.29 is 0 Å². The van der Waals surface area contributed by atoms with Crippen molar-refractivity contribution in [3.05, 3.63) is 11.6 Å². The number of hydrogen-bond acceptors (Lipinski definition) is 1. The summed E-state index contributed by atoms with van der Waals surface area (Å²) in [4.78, 5) is 0. The van der Waals surface area contributed by atoms with Crippen molar-refractivity contribution in [2.24, 2.45) is 5.92 Å². The van der Waals surface area contributed by atoms with E-state index in [0.717, 1.165) is 12.5 Å². The third-order valence-electron chi connectivity index (χ3n) is 2.06. The average Bonchev–Trinajstić information content (AvgIpc) is 2.14. The molecule has 0 radical (unpaired) electrons. The van der Waals surface area contributed by atoms with Crippen LogP contribution in [-0.4, -0.2) is 13.1 Å². The van der Waals surface area contributed by atoms with Gasteiger partial charge in [0, 0.05) is 6.54 Å². The lowest BCUT2D eigenvalue weighted by Crippen LogP contribution is -2.12. The fourth-order valence-corrected chi connectivity index (χ4v) is 1.57. The van der Waals surface area contributed by atoms with Gasteiger partial charge in [-0.05, 0) is 31.7 Å². The molecule has 64 valence electrons. The molecule has 0 atom stereocenters. The average molecular weight is 153 g/mol. The van der Waals surface area contributed by atoms with E-state index in [-0.39, 0.29) is 0 Å². The summed E-state index contributed by atoms with van der Waals surface area (Å²) in [6.45, 7) is 6.86. The van der Waals surface area contributed by atoms with Crippen molar-refractivity contribution in [1.82, 2.24) is 5.32 Å². The van der Waals surface area contributed by atoms with Crippen LogP contribution in [0.15, 0.2) is 11.6 Å². The second-order valence-corrected chi connectivity index (χ2v) is 3.77. The minimum Gasteiger partial charge on any atom is -0.313 e. The maximum absolute atomic E-state index is 3.37. The monoisotopic (exact) mass is 153 g/mol. The molecule has 0 saturated heterocycles. The lowest BCUT2D eigenvalue weighted by atomic mass is 9.99. The summed E-state index contributed by atoms with van der Waals surface area (Å²) in [6, 6.07) is 0. The standard InChI is InChI=1S/C10H19N/c1-9(2)8-10-4-3-6-11-7-5-10/h5,9,11H,3-4,6-8H2,1-2H3. The van der Waals surface area contributed by atoms with E-state index in [2.05, 4.69) is 25.2 Å². The summed E-state index contributed by atoms with van der Waals surface area (Å²) in [7, 11) is 0. The molecule has 0 bridgehead atoms. The fraction of sp³-hybridized carbons (Fsp3) is 0.800. The van der Waals surface area contributed by atoms with Crippen molar-refractivity contribution in [3.63, 3.8) is 0 Å². The van der Waals surface area contributed by atoms with Gasteiger partial charge >= 0.3 is 0 Å². The van der Waals surface area contributed by atoms with Crippen molar-refractivity contribution in [3.8, 4) is 0 Å². The van der Waals surface area contributed by atoms with Gasteiger partial charge in [0.15, 0.2) is 0 Å². The third kappa shape index (κ3) is 3.57. The van der Waals surface area contributed by atoms with E-state index in [0.29, 0.717) is 0 Å². The van der Waals surface area contributed by atoms with Crippen LogP contribution in [0, 0.1) is 5.92 Å². The van der Waals surface area contributed by atoms with E-state index >= 15 is 0 Å². The first-order valence-corrected chi connectivity index (χ1v) is 4.67. The Morgan fingerprint density at radius 2 is 2.36 bits per heavy atom. The molecule has 1 nitrogen and oxygen atoms in total. The molecular weight excluding hydrogens is 134 g/mol. The van der Waals surface area contributed by atoms with Crippen molar-refractivity contribution in [2.45, 2.75) is 33.1 Å². The van der Waals surface area contributed by atoms with Gasteiger partial charge in [-0.15, -0.1) is 0 Å². The maximum atomic E-state index is 3.37. The van der Waals surface area contributed by atoms with Crippen LogP contribution >= 0.6 is 0 Å². The molecule has 0 spiro atoms. The molecule has 0 saturated carbocycles. The molecule has 0 aromatic rings. The Morgan fingerprint density at radius 3 is 3.09 bits per heavy atom. The Kier molecular flexibility index (Phi) is 3.64. The largest absolute Gasteiger partial charge is 0.313 e. The molecule has 1 N–H and O–H groups in total. The fourth-order valence-electron chi connectivity index (χ4n) is 1.57. The zero-order chi connectivity index (χ0) is 8.10. The van der Waals surface area contributed by atoms with Crippen LogP contribution in [0.25, 0.3) is 0 Å². The number of hydrogen-bond donors (Lipinski definition) is 1. The predicted octanol–water partition coefficient (Wildman–Crippen LogP) is 2.34.